The molecule has 0 unspecified atom stereocenters. The summed E-state index contributed by atoms with van der Waals surface area (Å²) < 4.78 is 10.2. The highest BCUT2D eigenvalue weighted by atomic mass is 35.5. The number of hydrogen-bond acceptors (Lipinski definition) is 4. The second-order valence-electron chi connectivity index (χ2n) is 4.05. The van der Waals surface area contributed by atoms with Crippen LogP contribution in [0, 0.1) is 0 Å². The van der Waals surface area contributed by atoms with Crippen LogP contribution in [-0.4, -0.2) is 38.8 Å². The molecular weight excluding hydrogens is 315 g/mol. The summed E-state index contributed by atoms with van der Waals surface area (Å²) in [6.07, 6.45) is 0.746. The first-order valence-electron chi connectivity index (χ1n) is 6.51. The van der Waals surface area contributed by atoms with Gasteiger partial charge in [-0.15, -0.1) is 0 Å². The van der Waals surface area contributed by atoms with Crippen LogP contribution in [0.15, 0.2) is 23.2 Å². The van der Waals surface area contributed by atoms with Gasteiger partial charge in [0.2, 0.25) is 0 Å². The summed E-state index contributed by atoms with van der Waals surface area (Å²) in [7, 11) is 1.62. The highest BCUT2D eigenvalue weighted by Crippen LogP contribution is 2.22. The molecule has 1 aromatic rings. The van der Waals surface area contributed by atoms with Gasteiger partial charge in [-0.1, -0.05) is 23.2 Å². The smallest absolute Gasteiger partial charge is 0.291 e. The van der Waals surface area contributed by atoms with E-state index in [0.29, 0.717) is 35.4 Å². The number of amidine groups is 1. The van der Waals surface area contributed by atoms with E-state index in [-0.39, 0.29) is 11.9 Å². The van der Waals surface area contributed by atoms with Crippen LogP contribution >= 0.6 is 23.2 Å². The molecule has 5 nitrogen and oxygen atoms in total. The lowest BCUT2D eigenvalue weighted by Crippen LogP contribution is -2.32. The molecular formula is C14H18Cl2N2O3. The number of rotatable bonds is 6. The summed E-state index contributed by atoms with van der Waals surface area (Å²) in [5, 5.41) is 3.32. The van der Waals surface area contributed by atoms with Crippen LogP contribution in [0.25, 0.3) is 0 Å². The van der Waals surface area contributed by atoms with Crippen molar-refractivity contribution in [2.24, 2.45) is 4.99 Å². The zero-order chi connectivity index (χ0) is 15.7. The maximum absolute atomic E-state index is 12.1. The average molecular weight is 333 g/mol. The number of methoxy groups -OCH3 is 1. The van der Waals surface area contributed by atoms with E-state index in [1.807, 2.05) is 6.92 Å². The molecule has 0 saturated heterocycles. The molecule has 0 aliphatic carbocycles. The minimum absolute atomic E-state index is 0.185. The number of aliphatic imine (C=N–C) groups is 1. The molecule has 116 valence electrons. The first kappa shape index (κ1) is 17.8. The van der Waals surface area contributed by atoms with E-state index in [0.717, 1.165) is 6.42 Å². The van der Waals surface area contributed by atoms with Gasteiger partial charge in [-0.25, -0.2) is 4.99 Å². The van der Waals surface area contributed by atoms with E-state index in [9.17, 15) is 4.79 Å². The van der Waals surface area contributed by atoms with Crippen molar-refractivity contribution in [1.82, 2.24) is 5.32 Å². The molecule has 7 heteroatoms. The molecule has 1 amide bonds. The fraction of sp³-hybridized carbons (Fsp3) is 0.429. The highest BCUT2D eigenvalue weighted by Gasteiger charge is 2.11. The van der Waals surface area contributed by atoms with Crippen molar-refractivity contribution in [3.8, 4) is 0 Å². The van der Waals surface area contributed by atoms with Crippen molar-refractivity contribution in [3.05, 3.63) is 33.8 Å². The topological polar surface area (TPSA) is 59.9 Å². The third-order valence-corrected chi connectivity index (χ3v) is 3.18. The molecule has 0 radical (unpaired) electrons. The first-order chi connectivity index (χ1) is 10.1. The standard InChI is InChI=1S/C14H18Cl2N2O3/c1-3-21-14(17-7-4-8-20-2)18-13(19)10-5-6-11(15)12(16)9-10/h5-6,9H,3-4,7-8H2,1-2H3,(H,17,18,19). The van der Waals surface area contributed by atoms with Gasteiger partial charge in [0.05, 0.1) is 16.7 Å². The number of amides is 1. The number of carbonyl (C=O) groups excluding carboxylic acids is 1. The fourth-order valence-corrected chi connectivity index (χ4v) is 1.75. The summed E-state index contributed by atoms with van der Waals surface area (Å²) in [5.74, 6) is -0.354. The van der Waals surface area contributed by atoms with E-state index < -0.39 is 0 Å². The van der Waals surface area contributed by atoms with E-state index in [1.54, 1.807) is 19.2 Å². The predicted molar refractivity (Wildman–Crippen MR) is 84.3 cm³/mol. The second kappa shape index (κ2) is 9.60. The van der Waals surface area contributed by atoms with Crippen LogP contribution < -0.4 is 5.32 Å². The van der Waals surface area contributed by atoms with Gasteiger partial charge in [0.25, 0.3) is 11.9 Å². The summed E-state index contributed by atoms with van der Waals surface area (Å²) in [6, 6.07) is 4.82. The lowest BCUT2D eigenvalue weighted by atomic mass is 10.2. The fourth-order valence-electron chi connectivity index (χ4n) is 1.45. The summed E-state index contributed by atoms with van der Waals surface area (Å²) in [6.45, 7) is 3.33. The molecule has 1 aromatic carbocycles. The van der Waals surface area contributed by atoms with Gasteiger partial charge in [0, 0.05) is 25.8 Å². The van der Waals surface area contributed by atoms with E-state index >= 15 is 0 Å². The monoisotopic (exact) mass is 332 g/mol. The Kier molecular flexibility index (Phi) is 8.12. The zero-order valence-corrected chi connectivity index (χ0v) is 13.5. The Morgan fingerprint density at radius 2 is 2.10 bits per heavy atom. The summed E-state index contributed by atoms with van der Waals surface area (Å²) >= 11 is 11.7. The van der Waals surface area contributed by atoms with Gasteiger partial charge in [0.15, 0.2) is 0 Å². The zero-order valence-electron chi connectivity index (χ0n) is 12.0. The third kappa shape index (κ3) is 6.33. The minimum atomic E-state index is -0.354. The number of ether oxygens (including phenoxy) is 2. The van der Waals surface area contributed by atoms with Crippen LogP contribution in [0.2, 0.25) is 10.0 Å². The first-order valence-corrected chi connectivity index (χ1v) is 7.26. The Hall–Kier alpha value is -1.30. The summed E-state index contributed by atoms with van der Waals surface area (Å²) in [4.78, 5) is 16.3. The molecule has 21 heavy (non-hydrogen) atoms. The predicted octanol–water partition coefficient (Wildman–Crippen LogP) is 3.15. The van der Waals surface area contributed by atoms with Crippen LogP contribution in [0.4, 0.5) is 0 Å². The van der Waals surface area contributed by atoms with Crippen molar-refractivity contribution < 1.29 is 14.3 Å². The molecule has 0 saturated carbocycles. The van der Waals surface area contributed by atoms with Gasteiger partial charge in [0.1, 0.15) is 0 Å². The van der Waals surface area contributed by atoms with Crippen molar-refractivity contribution in [1.29, 1.82) is 0 Å². The van der Waals surface area contributed by atoms with Gasteiger partial charge >= 0.3 is 0 Å². The van der Waals surface area contributed by atoms with Gasteiger partial charge in [-0.05, 0) is 31.5 Å². The molecule has 1 N–H and O–H groups in total. The molecule has 1 rings (SSSR count). The van der Waals surface area contributed by atoms with Crippen molar-refractivity contribution in [2.45, 2.75) is 13.3 Å². The van der Waals surface area contributed by atoms with Crippen LogP contribution in [-0.2, 0) is 9.47 Å². The van der Waals surface area contributed by atoms with Crippen molar-refractivity contribution >= 4 is 35.1 Å². The van der Waals surface area contributed by atoms with E-state index in [4.69, 9.17) is 32.7 Å². The molecule has 0 fully saturated rings. The lowest BCUT2D eigenvalue weighted by molar-refractivity contribution is 0.0966. The molecule has 0 heterocycles. The van der Waals surface area contributed by atoms with Crippen molar-refractivity contribution in [3.63, 3.8) is 0 Å². The SMILES string of the molecule is CCOC(=NCCCOC)NC(=O)c1ccc(Cl)c(Cl)c1. The van der Waals surface area contributed by atoms with Crippen LogP contribution in [0.3, 0.4) is 0 Å². The molecule has 0 aromatic heterocycles. The molecule has 0 aliphatic rings. The number of halogens is 2. The molecule has 0 aliphatic heterocycles. The maximum atomic E-state index is 12.1. The van der Waals surface area contributed by atoms with Gasteiger partial charge in [-0.3, -0.25) is 10.1 Å². The maximum Gasteiger partial charge on any atom is 0.291 e. The third-order valence-electron chi connectivity index (χ3n) is 2.45. The number of carbonyl (C=O) groups is 1. The Bertz CT molecular complexity index is 507. The number of nitrogens with one attached hydrogen (secondary N) is 1. The Balaban J connectivity index is 2.68. The molecule has 0 atom stereocenters. The number of nitrogens with zero attached hydrogens (tertiary/aromatic N) is 1. The van der Waals surface area contributed by atoms with Crippen molar-refractivity contribution in [2.75, 3.05) is 26.9 Å². The molecule has 0 spiro atoms. The Morgan fingerprint density at radius 3 is 2.71 bits per heavy atom. The van der Waals surface area contributed by atoms with Crippen LogP contribution in [0.5, 0.6) is 0 Å². The largest absolute Gasteiger partial charge is 0.465 e. The van der Waals surface area contributed by atoms with Gasteiger partial charge in [-0.2, -0.15) is 0 Å². The second-order valence-corrected chi connectivity index (χ2v) is 4.86. The van der Waals surface area contributed by atoms with Gasteiger partial charge < -0.3 is 9.47 Å². The Labute approximate surface area is 134 Å². The Morgan fingerprint density at radius 1 is 1.33 bits per heavy atom. The number of hydrogen-bond donors (Lipinski definition) is 1. The molecule has 0 bridgehead atoms. The van der Waals surface area contributed by atoms with Crippen LogP contribution in [0.1, 0.15) is 23.7 Å². The number of benzene rings is 1. The highest BCUT2D eigenvalue weighted by molar-refractivity contribution is 6.42. The lowest BCUT2D eigenvalue weighted by Gasteiger charge is -2.09. The minimum Gasteiger partial charge on any atom is -0.465 e. The van der Waals surface area contributed by atoms with E-state index in [1.165, 1.54) is 6.07 Å². The quantitative estimate of drug-likeness (QED) is 0.494. The normalized spacial score (nSPS) is 11.3. The van der Waals surface area contributed by atoms with E-state index in [2.05, 4.69) is 10.3 Å². The summed E-state index contributed by atoms with van der Waals surface area (Å²) in [5.41, 5.74) is 0.383. The average Bonchev–Trinajstić information content (AvgIpc) is 2.46.